The highest BCUT2D eigenvalue weighted by Crippen LogP contribution is 2.44. The van der Waals surface area contributed by atoms with Crippen molar-refractivity contribution in [1.82, 2.24) is 28.2 Å². The summed E-state index contributed by atoms with van der Waals surface area (Å²) in [4.78, 5) is 10.2. The molecule has 0 radical (unpaired) electrons. The molecule has 0 bridgehead atoms. The number of nitrogens with zero attached hydrogens (tertiary/aromatic N) is 6. The van der Waals surface area contributed by atoms with Crippen molar-refractivity contribution in [1.29, 1.82) is 0 Å². The fourth-order valence-electron chi connectivity index (χ4n) is 19.1. The third kappa shape index (κ3) is 14.0. The summed E-state index contributed by atoms with van der Waals surface area (Å²) < 4.78 is 9.62. The van der Waals surface area contributed by atoms with Gasteiger partial charge in [-0.15, -0.1) is 0 Å². The molecule has 24 aromatic rings. The Morgan fingerprint density at radius 2 is 0.336 bits per heavy atom. The Bertz CT molecular complexity index is 8200. The largest absolute Gasteiger partial charge is 0.309 e. The highest BCUT2D eigenvalue weighted by atomic mass is 28.3. The summed E-state index contributed by atoms with van der Waals surface area (Å²) in [7, 11) is -1.40. The van der Waals surface area contributed by atoms with Crippen molar-refractivity contribution in [3.63, 3.8) is 0 Å². The van der Waals surface area contributed by atoms with E-state index in [9.17, 15) is 0 Å². The molecule has 0 fully saturated rings. The van der Waals surface area contributed by atoms with Gasteiger partial charge in [-0.1, -0.05) is 346 Å². The molecule has 0 spiro atoms. The van der Waals surface area contributed by atoms with Crippen molar-refractivity contribution >= 4 is 100 Å². The van der Waals surface area contributed by atoms with Crippen LogP contribution in [0.4, 0.5) is 0 Å². The number of hydrogen-bond donors (Lipinski definition) is 0. The minimum atomic E-state index is -1.40. The van der Waals surface area contributed by atoms with Gasteiger partial charge in [-0.3, -0.25) is 0 Å². The lowest BCUT2D eigenvalue weighted by Gasteiger charge is -2.17. The van der Waals surface area contributed by atoms with Crippen LogP contribution in [0, 0.1) is 0 Å². The van der Waals surface area contributed by atoms with Crippen molar-refractivity contribution < 1.29 is 0 Å². The van der Waals surface area contributed by atoms with E-state index < -0.39 is 8.07 Å². The topological polar surface area (TPSA) is 45.5 Å². The lowest BCUT2D eigenvalue weighted by Crippen LogP contribution is -2.37. The molecular weight excluding hydrogens is 1570 g/mol. The van der Waals surface area contributed by atoms with Gasteiger partial charge in [0, 0.05) is 88.1 Å². The van der Waals surface area contributed by atoms with Gasteiger partial charge in [0.25, 0.3) is 0 Å². The van der Waals surface area contributed by atoms with Crippen LogP contribution < -0.4 is 5.19 Å². The molecule has 18 aromatic carbocycles. The lowest BCUT2D eigenvalue weighted by molar-refractivity contribution is 1.18. The van der Waals surface area contributed by atoms with Gasteiger partial charge in [0.2, 0.25) is 0 Å². The summed E-state index contributed by atoms with van der Waals surface area (Å²) >= 11 is 0. The quantitative estimate of drug-likeness (QED) is 0.0960. The van der Waals surface area contributed by atoms with Gasteiger partial charge in [-0.2, -0.15) is 0 Å². The molecule has 7 heteroatoms. The Labute approximate surface area is 744 Å². The molecule has 0 saturated carbocycles. The zero-order valence-electron chi connectivity index (χ0n) is 71.1. The molecule has 6 nitrogen and oxygen atoms in total. The molecule has 128 heavy (non-hydrogen) atoms. The fraction of sp³-hybridized carbons (Fsp3) is 0.0248. The Hall–Kier alpha value is -16.3. The Balaban J connectivity index is 0.000000148. The summed E-state index contributed by atoms with van der Waals surface area (Å²) in [6.45, 7) is 7.22. The van der Waals surface area contributed by atoms with Crippen LogP contribution in [0.2, 0.25) is 19.6 Å². The third-order valence-corrected chi connectivity index (χ3v) is 27.7. The zero-order valence-corrected chi connectivity index (χ0v) is 72.1. The van der Waals surface area contributed by atoms with E-state index in [1.807, 2.05) is 24.3 Å². The van der Waals surface area contributed by atoms with Crippen molar-refractivity contribution in [3.8, 4) is 135 Å². The van der Waals surface area contributed by atoms with Gasteiger partial charge < -0.3 is 18.3 Å². The standard InChI is InChI=1S/C65H43N3.C56H43N3Si/c1-4-14-44(15-5-1)45-24-26-46(27-25-45)47-28-34-54(35-29-47)67-62-22-12-10-20-56(62)58-40-51(32-38-64(58)67)52-33-39-65-59(41-52)57-21-11-13-23-63(57)68(65)55-36-30-48(31-37-55)53-42-60(49-16-6-2-7-17-49)66-61(43-53)50-18-8-3-9-19-50;1-60(2,3)46-30-28-45(29-31-46)59-54-21-13-11-19-48(54)50-35-42(25-33-56(50)59)41-24-32-55-49(34-41)47-18-10-12-20-53(47)58(55)44-26-22-38(23-27-44)43-36-51(39-14-6-4-7-15-39)57-52(37-43)40-16-8-5-9-17-40/h1-43H;4-37H,1-3H3. The number of hydrogen-bond acceptors (Lipinski definition) is 2. The van der Waals surface area contributed by atoms with Crippen LogP contribution in [-0.2, 0) is 0 Å². The van der Waals surface area contributed by atoms with Crippen molar-refractivity contribution in [2.45, 2.75) is 19.6 Å². The number of pyridine rings is 2. The maximum absolute atomic E-state index is 5.11. The predicted octanol–water partition coefficient (Wildman–Crippen LogP) is 31.8. The molecule has 24 rings (SSSR count). The number of rotatable bonds is 15. The van der Waals surface area contributed by atoms with Crippen LogP contribution >= 0.6 is 0 Å². The SMILES string of the molecule is C[Si](C)(C)c1ccc(-n2c3ccccc3c3cc(-c4ccc5c(c4)c4ccccc4n5-c4ccc(-c5cc(-c6ccccc6)nc(-c6ccccc6)c5)cc4)ccc32)cc1.c1ccc(-c2ccc(-c3ccc(-n4c5ccccc5c5cc(-c6ccc7c(c6)c6ccccc6n7-c6ccc(-c7cc(-c8ccccc8)nc(-c8ccccc8)c7)cc6)ccc54)cc3)cc2)cc1. The second kappa shape index (κ2) is 32.1. The van der Waals surface area contributed by atoms with Crippen molar-refractivity contribution in [2.75, 3.05) is 0 Å². The van der Waals surface area contributed by atoms with Gasteiger partial charge in [0.1, 0.15) is 0 Å². The Morgan fingerprint density at radius 1 is 0.148 bits per heavy atom. The first-order valence-corrected chi connectivity index (χ1v) is 47.6. The Morgan fingerprint density at radius 3 is 0.586 bits per heavy atom. The van der Waals surface area contributed by atoms with Crippen LogP contribution in [0.15, 0.2) is 467 Å². The molecule has 6 aromatic heterocycles. The molecule has 0 aliphatic carbocycles. The van der Waals surface area contributed by atoms with E-state index >= 15 is 0 Å². The molecule has 0 atom stereocenters. The fourth-order valence-corrected chi connectivity index (χ4v) is 20.3. The third-order valence-electron chi connectivity index (χ3n) is 25.6. The highest BCUT2D eigenvalue weighted by molar-refractivity contribution is 6.88. The van der Waals surface area contributed by atoms with Gasteiger partial charge in [0.05, 0.1) is 75.0 Å². The molecule has 6 heterocycles. The monoisotopic (exact) mass is 1650 g/mol. The molecule has 0 saturated heterocycles. The lowest BCUT2D eigenvalue weighted by atomic mass is 9.99. The van der Waals surface area contributed by atoms with Gasteiger partial charge in [-0.05, 0) is 212 Å². The molecule has 0 N–H and O–H groups in total. The summed E-state index contributed by atoms with van der Waals surface area (Å²) in [6.07, 6.45) is 0. The van der Waals surface area contributed by atoms with Crippen molar-refractivity contribution in [3.05, 3.63) is 467 Å². The number of fused-ring (bicyclic) bond motifs is 12. The smallest absolute Gasteiger partial charge is 0.0775 e. The van der Waals surface area contributed by atoms with Crippen LogP contribution in [0.5, 0.6) is 0 Å². The second-order valence-corrected chi connectivity index (χ2v) is 39.5. The van der Waals surface area contributed by atoms with Gasteiger partial charge in [0.15, 0.2) is 0 Å². The van der Waals surface area contributed by atoms with E-state index in [-0.39, 0.29) is 0 Å². The molecule has 0 unspecified atom stereocenters. The first kappa shape index (κ1) is 76.6. The summed E-state index contributed by atoms with van der Waals surface area (Å²) in [5.74, 6) is 0. The average molecular weight is 1650 g/mol. The van der Waals surface area contributed by atoms with Crippen LogP contribution in [0.1, 0.15) is 0 Å². The molecule has 0 amide bonds. The molecule has 0 aliphatic heterocycles. The minimum Gasteiger partial charge on any atom is -0.309 e. The first-order valence-electron chi connectivity index (χ1n) is 44.1. The average Bonchev–Trinajstić information content (AvgIpc) is 1.59. The van der Waals surface area contributed by atoms with E-state index in [0.29, 0.717) is 0 Å². The number of aromatic nitrogens is 6. The highest BCUT2D eigenvalue weighted by Gasteiger charge is 2.23. The second-order valence-electron chi connectivity index (χ2n) is 34.4. The summed E-state index contributed by atoms with van der Waals surface area (Å²) in [5.41, 5.74) is 36.7. The maximum Gasteiger partial charge on any atom is 0.0775 e. The number of para-hydroxylation sites is 4. The van der Waals surface area contributed by atoms with Crippen LogP contribution in [-0.4, -0.2) is 36.3 Å². The van der Waals surface area contributed by atoms with Crippen molar-refractivity contribution in [2.24, 2.45) is 0 Å². The minimum absolute atomic E-state index is 0.959. The zero-order chi connectivity index (χ0) is 85.3. The van der Waals surface area contributed by atoms with E-state index in [2.05, 4.69) is 481 Å². The number of benzene rings is 18. The molecule has 604 valence electrons. The van der Waals surface area contributed by atoms with E-state index in [4.69, 9.17) is 9.97 Å². The molecular formula is C121H86N6Si. The molecule has 0 aliphatic rings. The van der Waals surface area contributed by atoms with Crippen LogP contribution in [0.25, 0.3) is 222 Å². The maximum atomic E-state index is 5.11. The van der Waals surface area contributed by atoms with E-state index in [1.165, 1.54) is 143 Å². The summed E-state index contributed by atoms with van der Waals surface area (Å²) in [6, 6.07) is 169. The predicted molar refractivity (Wildman–Crippen MR) is 543 cm³/mol. The van der Waals surface area contributed by atoms with Crippen LogP contribution in [0.3, 0.4) is 0 Å². The normalized spacial score (nSPS) is 11.7. The van der Waals surface area contributed by atoms with E-state index in [0.717, 1.165) is 84.3 Å². The van der Waals surface area contributed by atoms with Gasteiger partial charge in [-0.25, -0.2) is 9.97 Å². The van der Waals surface area contributed by atoms with Gasteiger partial charge >= 0.3 is 0 Å². The summed E-state index contributed by atoms with van der Waals surface area (Å²) in [5, 5.41) is 11.4. The first-order chi connectivity index (χ1) is 63.1. The van der Waals surface area contributed by atoms with E-state index in [1.54, 1.807) is 0 Å². The Kier molecular flexibility index (Phi) is 19.2.